The summed E-state index contributed by atoms with van der Waals surface area (Å²) in [6.45, 7) is 3.82. The summed E-state index contributed by atoms with van der Waals surface area (Å²) in [5, 5.41) is 14.8. The summed E-state index contributed by atoms with van der Waals surface area (Å²) >= 11 is 0. The van der Waals surface area contributed by atoms with E-state index in [1.165, 1.54) is 31.2 Å². The van der Waals surface area contributed by atoms with Gasteiger partial charge in [-0.2, -0.15) is 0 Å². The standard InChI is InChI=1S/C24H30N2O.C2H2O4/c27-24(19-20-7-3-1-4-8-20)26-17-15-25(16-18-26)23-13-11-22(12-14-23)21-9-5-2-6-10-21;3-1(4)2(5)6/h1-10,22-23H,11-19H2;(H,3,4)(H,5,6). The molecule has 2 aromatic carbocycles. The van der Waals surface area contributed by atoms with Crippen molar-refractivity contribution < 1.29 is 24.6 Å². The summed E-state index contributed by atoms with van der Waals surface area (Å²) in [5.74, 6) is -2.64. The maximum atomic E-state index is 12.6. The third-order valence-corrected chi connectivity index (χ3v) is 6.53. The van der Waals surface area contributed by atoms with Gasteiger partial charge in [-0.15, -0.1) is 0 Å². The van der Waals surface area contributed by atoms with Crippen molar-refractivity contribution in [1.82, 2.24) is 9.80 Å². The number of piperazine rings is 1. The molecule has 0 atom stereocenters. The first-order valence-corrected chi connectivity index (χ1v) is 11.5. The van der Waals surface area contributed by atoms with Crippen LogP contribution < -0.4 is 0 Å². The molecule has 2 fully saturated rings. The fraction of sp³-hybridized carbons (Fsp3) is 0.423. The summed E-state index contributed by atoms with van der Waals surface area (Å²) in [6.07, 6.45) is 5.70. The number of rotatable bonds is 4. The minimum absolute atomic E-state index is 0.272. The Bertz CT molecular complexity index is 891. The van der Waals surface area contributed by atoms with Crippen LogP contribution in [0, 0.1) is 0 Å². The van der Waals surface area contributed by atoms with Gasteiger partial charge < -0.3 is 15.1 Å². The Morgan fingerprint density at radius 3 is 1.76 bits per heavy atom. The highest BCUT2D eigenvalue weighted by molar-refractivity contribution is 6.27. The van der Waals surface area contributed by atoms with Crippen molar-refractivity contribution in [1.29, 1.82) is 0 Å². The summed E-state index contributed by atoms with van der Waals surface area (Å²) in [7, 11) is 0. The molecule has 1 amide bonds. The van der Waals surface area contributed by atoms with Crippen LogP contribution in [0.1, 0.15) is 42.7 Å². The van der Waals surface area contributed by atoms with Crippen LogP contribution in [0.4, 0.5) is 0 Å². The van der Waals surface area contributed by atoms with Crippen LogP contribution >= 0.6 is 0 Å². The first kappa shape index (κ1) is 24.5. The van der Waals surface area contributed by atoms with Gasteiger partial charge in [-0.25, -0.2) is 9.59 Å². The number of carbonyl (C=O) groups is 3. The number of hydrogen-bond acceptors (Lipinski definition) is 4. The summed E-state index contributed by atoms with van der Waals surface area (Å²) < 4.78 is 0. The maximum Gasteiger partial charge on any atom is 0.414 e. The molecule has 0 unspecified atom stereocenters. The minimum atomic E-state index is -1.82. The molecule has 7 nitrogen and oxygen atoms in total. The number of carbonyl (C=O) groups excluding carboxylic acids is 1. The molecule has 2 N–H and O–H groups in total. The van der Waals surface area contributed by atoms with Crippen LogP contribution in [-0.2, 0) is 20.8 Å². The molecule has 7 heteroatoms. The highest BCUT2D eigenvalue weighted by Crippen LogP contribution is 2.34. The van der Waals surface area contributed by atoms with Gasteiger partial charge in [0.25, 0.3) is 0 Å². The Morgan fingerprint density at radius 2 is 1.24 bits per heavy atom. The molecule has 0 radical (unpaired) electrons. The number of nitrogens with zero attached hydrogens (tertiary/aromatic N) is 2. The van der Waals surface area contributed by atoms with E-state index in [1.807, 2.05) is 30.3 Å². The van der Waals surface area contributed by atoms with E-state index in [4.69, 9.17) is 19.8 Å². The smallest absolute Gasteiger partial charge is 0.414 e. The van der Waals surface area contributed by atoms with E-state index in [-0.39, 0.29) is 5.91 Å². The van der Waals surface area contributed by atoms with Crippen molar-refractivity contribution in [2.24, 2.45) is 0 Å². The van der Waals surface area contributed by atoms with Crippen LogP contribution in [-0.4, -0.2) is 70.1 Å². The Morgan fingerprint density at radius 1 is 0.727 bits per heavy atom. The van der Waals surface area contributed by atoms with Crippen molar-refractivity contribution >= 4 is 17.8 Å². The molecule has 0 spiro atoms. The summed E-state index contributed by atoms with van der Waals surface area (Å²) in [4.78, 5) is 35.4. The van der Waals surface area contributed by atoms with Gasteiger partial charge in [0.15, 0.2) is 0 Å². The number of carboxylic acids is 2. The molecule has 1 saturated heterocycles. The predicted molar refractivity (Wildman–Crippen MR) is 125 cm³/mol. The average molecular weight is 453 g/mol. The number of benzene rings is 2. The van der Waals surface area contributed by atoms with E-state index >= 15 is 0 Å². The summed E-state index contributed by atoms with van der Waals surface area (Å²) in [5.41, 5.74) is 2.62. The van der Waals surface area contributed by atoms with Crippen molar-refractivity contribution in [2.75, 3.05) is 26.2 Å². The van der Waals surface area contributed by atoms with Gasteiger partial charge in [0.1, 0.15) is 0 Å². The van der Waals surface area contributed by atoms with Gasteiger partial charge in [0, 0.05) is 32.2 Å². The quantitative estimate of drug-likeness (QED) is 0.691. The lowest BCUT2D eigenvalue weighted by Gasteiger charge is -2.42. The monoisotopic (exact) mass is 452 g/mol. The fourth-order valence-corrected chi connectivity index (χ4v) is 4.72. The normalized spacial score (nSPS) is 20.9. The lowest BCUT2D eigenvalue weighted by atomic mass is 9.81. The molecular weight excluding hydrogens is 420 g/mol. The molecule has 0 aromatic heterocycles. The number of amides is 1. The van der Waals surface area contributed by atoms with E-state index < -0.39 is 11.9 Å². The molecular formula is C26H32N2O5. The van der Waals surface area contributed by atoms with Gasteiger partial charge in [0.2, 0.25) is 5.91 Å². The van der Waals surface area contributed by atoms with E-state index in [1.54, 1.807) is 0 Å². The van der Waals surface area contributed by atoms with Crippen molar-refractivity contribution in [3.8, 4) is 0 Å². The number of hydrogen-bond donors (Lipinski definition) is 2. The third kappa shape index (κ3) is 7.43. The largest absolute Gasteiger partial charge is 0.473 e. The van der Waals surface area contributed by atoms with Crippen molar-refractivity contribution in [3.05, 3.63) is 71.8 Å². The molecule has 2 aromatic rings. The molecule has 2 aliphatic rings. The molecule has 1 aliphatic carbocycles. The van der Waals surface area contributed by atoms with Gasteiger partial charge in [-0.05, 0) is 42.7 Å². The Labute approximate surface area is 194 Å². The average Bonchev–Trinajstić information content (AvgIpc) is 2.86. The van der Waals surface area contributed by atoms with Crippen LogP contribution in [0.15, 0.2) is 60.7 Å². The zero-order valence-corrected chi connectivity index (χ0v) is 18.8. The lowest BCUT2D eigenvalue weighted by Crippen LogP contribution is -2.52. The van der Waals surface area contributed by atoms with Crippen molar-refractivity contribution in [3.63, 3.8) is 0 Å². The Balaban J connectivity index is 0.000000454. The molecule has 33 heavy (non-hydrogen) atoms. The maximum absolute atomic E-state index is 12.6. The molecule has 4 rings (SSSR count). The zero-order chi connectivity index (χ0) is 23.6. The second kappa shape index (κ2) is 12.2. The second-order valence-corrected chi connectivity index (χ2v) is 8.61. The molecule has 1 saturated carbocycles. The number of aliphatic carboxylic acids is 2. The highest BCUT2D eigenvalue weighted by atomic mass is 16.4. The van der Waals surface area contributed by atoms with Crippen LogP contribution in [0.25, 0.3) is 0 Å². The molecule has 1 heterocycles. The van der Waals surface area contributed by atoms with E-state index in [0.717, 1.165) is 37.7 Å². The highest BCUT2D eigenvalue weighted by Gasteiger charge is 2.29. The third-order valence-electron chi connectivity index (χ3n) is 6.53. The van der Waals surface area contributed by atoms with Gasteiger partial charge >= 0.3 is 11.9 Å². The number of carboxylic acid groups (broad SMARTS) is 2. The minimum Gasteiger partial charge on any atom is -0.473 e. The lowest BCUT2D eigenvalue weighted by molar-refractivity contribution is -0.159. The SMILES string of the molecule is O=C(Cc1ccccc1)N1CCN(C2CCC(c3ccccc3)CC2)CC1.O=C(O)C(=O)O. The van der Waals surface area contributed by atoms with Gasteiger partial charge in [-0.3, -0.25) is 9.69 Å². The first-order valence-electron chi connectivity index (χ1n) is 11.5. The summed E-state index contributed by atoms with van der Waals surface area (Å²) in [6, 6.07) is 21.8. The first-order chi connectivity index (χ1) is 15.9. The molecule has 0 bridgehead atoms. The van der Waals surface area contributed by atoms with E-state index in [9.17, 15) is 4.79 Å². The topological polar surface area (TPSA) is 98.2 Å². The Hall–Kier alpha value is -3.19. The van der Waals surface area contributed by atoms with Crippen molar-refractivity contribution in [2.45, 2.75) is 44.1 Å². The fourth-order valence-electron chi connectivity index (χ4n) is 4.72. The van der Waals surface area contributed by atoms with Crippen LogP contribution in [0.2, 0.25) is 0 Å². The van der Waals surface area contributed by atoms with Crippen LogP contribution in [0.5, 0.6) is 0 Å². The van der Waals surface area contributed by atoms with E-state index in [2.05, 4.69) is 40.1 Å². The Kier molecular flexibility index (Phi) is 9.01. The van der Waals surface area contributed by atoms with Gasteiger partial charge in [-0.1, -0.05) is 60.7 Å². The second-order valence-electron chi connectivity index (χ2n) is 8.61. The van der Waals surface area contributed by atoms with Gasteiger partial charge in [0.05, 0.1) is 6.42 Å². The predicted octanol–water partition coefficient (Wildman–Crippen LogP) is 3.26. The zero-order valence-electron chi connectivity index (χ0n) is 18.8. The molecule has 1 aliphatic heterocycles. The van der Waals surface area contributed by atoms with E-state index in [0.29, 0.717) is 12.5 Å². The molecule has 176 valence electrons. The van der Waals surface area contributed by atoms with Crippen LogP contribution in [0.3, 0.4) is 0 Å².